The molecule has 9 heteroatoms. The van der Waals surface area contributed by atoms with E-state index in [0.29, 0.717) is 0 Å². The molecule has 0 fully saturated rings. The van der Waals surface area contributed by atoms with Crippen LogP contribution in [-0.4, -0.2) is 38.1 Å². The van der Waals surface area contributed by atoms with Gasteiger partial charge < -0.3 is 22.9 Å². The predicted molar refractivity (Wildman–Crippen MR) is 71.6 cm³/mol. The van der Waals surface area contributed by atoms with E-state index in [0.717, 1.165) is 0 Å². The molecule has 19 heavy (non-hydrogen) atoms. The Morgan fingerprint density at radius 3 is 1.21 bits per heavy atom. The third kappa shape index (κ3) is 5.10. The van der Waals surface area contributed by atoms with Gasteiger partial charge in [-0.1, -0.05) is 0 Å². The molecular formula is C10H22O7P2. The molecule has 0 aliphatic carbocycles. The van der Waals surface area contributed by atoms with Gasteiger partial charge in [0.15, 0.2) is 0 Å². The van der Waals surface area contributed by atoms with Crippen molar-refractivity contribution in [2.24, 2.45) is 0 Å². The second-order valence-corrected chi connectivity index (χ2v) is 8.01. The van der Waals surface area contributed by atoms with Crippen LogP contribution in [0.4, 0.5) is 0 Å². The van der Waals surface area contributed by atoms with Crippen molar-refractivity contribution < 1.29 is 32.0 Å². The van der Waals surface area contributed by atoms with Crippen LogP contribution in [0, 0.1) is 0 Å². The highest BCUT2D eigenvalue weighted by Gasteiger charge is 2.50. The summed E-state index contributed by atoms with van der Waals surface area (Å²) in [7, 11) is -7.78. The first-order valence-corrected chi connectivity index (χ1v) is 9.39. The van der Waals surface area contributed by atoms with Crippen LogP contribution >= 0.6 is 15.2 Å². The van der Waals surface area contributed by atoms with E-state index in [1.807, 2.05) is 0 Å². The van der Waals surface area contributed by atoms with Gasteiger partial charge in [-0.25, -0.2) is 0 Å². The largest absolute Gasteiger partial charge is 0.353 e. The Hall–Kier alpha value is -0.0300. The fourth-order valence-corrected chi connectivity index (χ4v) is 6.11. The van der Waals surface area contributed by atoms with E-state index in [1.165, 1.54) is 0 Å². The van der Waals surface area contributed by atoms with Crippen molar-refractivity contribution in [2.75, 3.05) is 26.4 Å². The van der Waals surface area contributed by atoms with Gasteiger partial charge in [-0.15, -0.1) is 0 Å². The Labute approximate surface area is 114 Å². The van der Waals surface area contributed by atoms with E-state index in [1.54, 1.807) is 27.7 Å². The zero-order valence-electron chi connectivity index (χ0n) is 11.7. The number of hydrogen-bond donors (Lipinski definition) is 0. The second kappa shape index (κ2) is 9.01. The molecule has 0 aliphatic rings. The number of carbonyl (C=O) groups is 1. The van der Waals surface area contributed by atoms with E-state index in [-0.39, 0.29) is 32.7 Å². The Morgan fingerprint density at radius 2 is 1.05 bits per heavy atom. The first kappa shape index (κ1) is 19.0. The molecule has 0 unspecified atom stereocenters. The monoisotopic (exact) mass is 316 g/mol. The fourth-order valence-electron chi connectivity index (χ4n) is 1.42. The lowest BCUT2D eigenvalue weighted by Crippen LogP contribution is -2.18. The topological polar surface area (TPSA) is 88.1 Å². The van der Waals surface area contributed by atoms with Crippen molar-refractivity contribution in [3.8, 4) is 0 Å². The summed E-state index contributed by atoms with van der Waals surface area (Å²) in [6.07, 6.45) is 0.262. The van der Waals surface area contributed by atoms with E-state index in [9.17, 15) is 13.9 Å². The minimum absolute atomic E-state index is 0.0554. The molecular weight excluding hydrogens is 294 g/mol. The number of hydrogen-bond acceptors (Lipinski definition) is 7. The Bertz CT molecular complexity index is 308. The average molecular weight is 316 g/mol. The molecule has 0 saturated heterocycles. The summed E-state index contributed by atoms with van der Waals surface area (Å²) in [6, 6.07) is 0. The van der Waals surface area contributed by atoms with Gasteiger partial charge in [0, 0.05) is 0 Å². The molecule has 0 atom stereocenters. The first-order valence-electron chi connectivity index (χ1n) is 6.16. The lowest BCUT2D eigenvalue weighted by molar-refractivity contribution is -0.107. The molecule has 0 aromatic heterocycles. The molecule has 0 heterocycles. The quantitative estimate of drug-likeness (QED) is 0.427. The SMILES string of the molecule is CCOP(=O)(OCC)C(C=O)P(=O)(OCC)OCC. The summed E-state index contributed by atoms with van der Waals surface area (Å²) in [4.78, 5) is 11.2. The van der Waals surface area contributed by atoms with E-state index in [2.05, 4.69) is 0 Å². The zero-order chi connectivity index (χ0) is 14.9. The summed E-state index contributed by atoms with van der Waals surface area (Å²) in [5.41, 5.74) is 0. The van der Waals surface area contributed by atoms with E-state index >= 15 is 0 Å². The summed E-state index contributed by atoms with van der Waals surface area (Å²) >= 11 is 0. The van der Waals surface area contributed by atoms with Crippen LogP contribution in [0.15, 0.2) is 0 Å². The summed E-state index contributed by atoms with van der Waals surface area (Å²) in [5, 5.41) is -1.57. The summed E-state index contributed by atoms with van der Waals surface area (Å²) < 4.78 is 45.2. The van der Waals surface area contributed by atoms with Crippen molar-refractivity contribution in [2.45, 2.75) is 33.1 Å². The molecule has 7 nitrogen and oxygen atoms in total. The van der Waals surface area contributed by atoms with Crippen LogP contribution in [0.25, 0.3) is 0 Å². The zero-order valence-corrected chi connectivity index (χ0v) is 13.5. The maximum absolute atomic E-state index is 12.5. The molecule has 0 saturated carbocycles. The minimum Gasteiger partial charge on any atom is -0.308 e. The Balaban J connectivity index is 5.48. The molecule has 0 spiro atoms. The number of rotatable bonds is 11. The lowest BCUT2D eigenvalue weighted by atomic mass is 10.9. The van der Waals surface area contributed by atoms with E-state index in [4.69, 9.17) is 18.1 Å². The van der Waals surface area contributed by atoms with Gasteiger partial charge in [0.2, 0.25) is 5.40 Å². The molecule has 0 N–H and O–H groups in total. The number of carbonyl (C=O) groups excluding carboxylic acids is 1. The van der Waals surface area contributed by atoms with Crippen LogP contribution in [-0.2, 0) is 32.0 Å². The van der Waals surface area contributed by atoms with Crippen LogP contribution in [0.3, 0.4) is 0 Å². The summed E-state index contributed by atoms with van der Waals surface area (Å²) in [5.74, 6) is 0. The Morgan fingerprint density at radius 1 is 0.789 bits per heavy atom. The standard InChI is InChI=1S/C10H22O7P2/c1-5-14-18(12,15-6-2)10(9-11)19(13,16-7-3)17-8-4/h9-10H,5-8H2,1-4H3. The molecule has 0 amide bonds. The van der Waals surface area contributed by atoms with Crippen LogP contribution in [0.2, 0.25) is 0 Å². The highest BCUT2D eigenvalue weighted by Crippen LogP contribution is 2.69. The highest BCUT2D eigenvalue weighted by molar-refractivity contribution is 7.74. The molecule has 0 aromatic rings. The van der Waals surface area contributed by atoms with Crippen molar-refractivity contribution in [1.82, 2.24) is 0 Å². The lowest BCUT2D eigenvalue weighted by Gasteiger charge is -2.27. The third-order valence-corrected chi connectivity index (χ3v) is 7.71. The minimum atomic E-state index is -3.89. The summed E-state index contributed by atoms with van der Waals surface area (Å²) in [6.45, 7) is 6.61. The van der Waals surface area contributed by atoms with Crippen molar-refractivity contribution in [3.05, 3.63) is 0 Å². The van der Waals surface area contributed by atoms with Gasteiger partial charge in [-0.2, -0.15) is 0 Å². The molecule has 0 bridgehead atoms. The van der Waals surface area contributed by atoms with Crippen molar-refractivity contribution in [1.29, 1.82) is 0 Å². The van der Waals surface area contributed by atoms with Gasteiger partial charge >= 0.3 is 15.2 Å². The van der Waals surface area contributed by atoms with Crippen molar-refractivity contribution in [3.63, 3.8) is 0 Å². The molecule has 0 aromatic carbocycles. The van der Waals surface area contributed by atoms with Crippen molar-refractivity contribution >= 4 is 21.5 Å². The van der Waals surface area contributed by atoms with Gasteiger partial charge in [0.1, 0.15) is 6.29 Å². The highest BCUT2D eigenvalue weighted by atomic mass is 31.2. The average Bonchev–Trinajstić information content (AvgIpc) is 2.30. The maximum atomic E-state index is 12.5. The van der Waals surface area contributed by atoms with Gasteiger partial charge in [-0.05, 0) is 27.7 Å². The molecule has 0 radical (unpaired) electrons. The van der Waals surface area contributed by atoms with Gasteiger partial charge in [0.05, 0.1) is 26.4 Å². The normalized spacial score (nSPS) is 12.9. The molecule has 0 rings (SSSR count). The smallest absolute Gasteiger partial charge is 0.308 e. The van der Waals surface area contributed by atoms with Crippen LogP contribution in [0.1, 0.15) is 27.7 Å². The van der Waals surface area contributed by atoms with E-state index < -0.39 is 20.6 Å². The van der Waals surface area contributed by atoms with Gasteiger partial charge in [0.25, 0.3) is 0 Å². The van der Waals surface area contributed by atoms with Crippen LogP contribution < -0.4 is 0 Å². The predicted octanol–water partition coefficient (Wildman–Crippen LogP) is 3.04. The molecule has 0 aliphatic heterocycles. The van der Waals surface area contributed by atoms with Gasteiger partial charge in [-0.3, -0.25) is 9.13 Å². The second-order valence-electron chi connectivity index (χ2n) is 3.30. The Kier molecular flexibility index (Phi) is 8.99. The maximum Gasteiger partial charge on any atom is 0.353 e. The third-order valence-electron chi connectivity index (χ3n) is 2.01. The fraction of sp³-hybridized carbons (Fsp3) is 0.900. The van der Waals surface area contributed by atoms with Crippen LogP contribution in [0.5, 0.6) is 0 Å². The molecule has 114 valence electrons. The first-order chi connectivity index (χ1) is 8.94. The number of aldehydes is 1.